The second-order valence-corrected chi connectivity index (χ2v) is 8.17. The monoisotopic (exact) mass is 448 g/mol. The summed E-state index contributed by atoms with van der Waals surface area (Å²) in [7, 11) is 0. The number of piperazine rings is 1. The minimum absolute atomic E-state index is 0.0953. The fourth-order valence-corrected chi connectivity index (χ4v) is 3.87. The van der Waals surface area contributed by atoms with E-state index in [9.17, 15) is 9.59 Å². The minimum Gasteiger partial charge on any atom is -0.489 e. The van der Waals surface area contributed by atoms with E-state index in [0.29, 0.717) is 61.5 Å². The Morgan fingerprint density at radius 3 is 2.65 bits per heavy atom. The number of aromatic nitrogens is 4. The molecule has 0 unspecified atom stereocenters. The molecule has 11 heteroatoms. The van der Waals surface area contributed by atoms with Crippen LogP contribution in [-0.2, 0) is 9.53 Å². The molecule has 2 aliphatic rings. The van der Waals surface area contributed by atoms with Crippen LogP contribution in [0.2, 0.25) is 5.02 Å². The van der Waals surface area contributed by atoms with Crippen LogP contribution in [0.4, 0.5) is 5.95 Å². The molecule has 2 saturated heterocycles. The first-order valence-electron chi connectivity index (χ1n) is 10.3. The van der Waals surface area contributed by atoms with Crippen LogP contribution in [0.5, 0.6) is 5.75 Å². The van der Waals surface area contributed by atoms with Crippen molar-refractivity contribution >= 4 is 23.5 Å². The summed E-state index contributed by atoms with van der Waals surface area (Å²) in [6.07, 6.45) is 6.41. The van der Waals surface area contributed by atoms with Crippen molar-refractivity contribution in [3.63, 3.8) is 0 Å². The molecule has 0 bridgehead atoms. The fourth-order valence-electron chi connectivity index (χ4n) is 3.77. The summed E-state index contributed by atoms with van der Waals surface area (Å²) in [6, 6.07) is 0. The molecule has 1 amide bonds. The summed E-state index contributed by atoms with van der Waals surface area (Å²) in [6.45, 7) is 4.62. The molecule has 4 rings (SSSR count). The third kappa shape index (κ3) is 5.31. The number of carbonyl (C=O) groups is 1. The van der Waals surface area contributed by atoms with Gasteiger partial charge in [-0.1, -0.05) is 11.6 Å². The summed E-state index contributed by atoms with van der Waals surface area (Å²) < 4.78 is 11.7. The Labute approximate surface area is 184 Å². The molecular weight excluding hydrogens is 424 g/mol. The zero-order valence-electron chi connectivity index (χ0n) is 17.3. The lowest BCUT2D eigenvalue weighted by Crippen LogP contribution is -2.49. The van der Waals surface area contributed by atoms with Crippen molar-refractivity contribution in [1.82, 2.24) is 25.1 Å². The van der Waals surface area contributed by atoms with Crippen LogP contribution in [0, 0.1) is 6.92 Å². The predicted octanol–water partition coefficient (Wildman–Crippen LogP) is 1.19. The number of anilines is 1. The lowest BCUT2D eigenvalue weighted by Gasteiger charge is -2.35. The van der Waals surface area contributed by atoms with Gasteiger partial charge in [-0.25, -0.2) is 15.1 Å². The molecule has 2 aromatic rings. The lowest BCUT2D eigenvalue weighted by molar-refractivity contribution is -0.134. The molecule has 1 N–H and O–H groups in total. The van der Waals surface area contributed by atoms with Gasteiger partial charge in [-0.15, -0.1) is 0 Å². The summed E-state index contributed by atoms with van der Waals surface area (Å²) >= 11 is 5.84. The smallest absolute Gasteiger partial charge is 0.270 e. The van der Waals surface area contributed by atoms with Crippen LogP contribution >= 0.6 is 11.6 Å². The first-order chi connectivity index (χ1) is 15.0. The van der Waals surface area contributed by atoms with Crippen LogP contribution in [0.15, 0.2) is 23.4 Å². The Balaban J connectivity index is 1.20. The van der Waals surface area contributed by atoms with Crippen molar-refractivity contribution in [3.05, 3.63) is 39.5 Å². The third-order valence-electron chi connectivity index (χ3n) is 5.60. The summed E-state index contributed by atoms with van der Waals surface area (Å²) in [5, 5.41) is 6.62. The molecule has 0 radical (unpaired) electrons. The van der Waals surface area contributed by atoms with Crippen molar-refractivity contribution in [3.8, 4) is 5.75 Å². The highest BCUT2D eigenvalue weighted by Crippen LogP contribution is 2.24. The quantitative estimate of drug-likeness (QED) is 0.701. The van der Waals surface area contributed by atoms with Gasteiger partial charge in [-0.05, 0) is 19.8 Å². The molecule has 166 valence electrons. The van der Waals surface area contributed by atoms with Crippen molar-refractivity contribution < 1.29 is 14.3 Å². The number of amides is 1. The summed E-state index contributed by atoms with van der Waals surface area (Å²) in [4.78, 5) is 36.7. The van der Waals surface area contributed by atoms with Crippen molar-refractivity contribution in [2.75, 3.05) is 37.7 Å². The second-order valence-electron chi connectivity index (χ2n) is 7.73. The fraction of sp³-hybridized carbons (Fsp3) is 0.550. The molecule has 31 heavy (non-hydrogen) atoms. The number of carbonyl (C=O) groups excluding carboxylic acids is 1. The maximum Gasteiger partial charge on any atom is 0.270 e. The van der Waals surface area contributed by atoms with E-state index in [1.54, 1.807) is 19.3 Å². The van der Waals surface area contributed by atoms with E-state index in [0.717, 1.165) is 12.8 Å². The number of halogens is 1. The molecule has 2 aromatic heterocycles. The maximum absolute atomic E-state index is 12.7. The first kappa shape index (κ1) is 21.5. The number of rotatable bonds is 6. The van der Waals surface area contributed by atoms with Gasteiger partial charge < -0.3 is 19.3 Å². The Bertz CT molecular complexity index is 961. The van der Waals surface area contributed by atoms with Crippen LogP contribution < -0.4 is 15.2 Å². The number of aromatic amines is 1. The van der Waals surface area contributed by atoms with Gasteiger partial charge >= 0.3 is 0 Å². The molecule has 0 saturated carbocycles. The molecule has 0 aromatic carbocycles. The van der Waals surface area contributed by atoms with E-state index < -0.39 is 0 Å². The predicted molar refractivity (Wildman–Crippen MR) is 113 cm³/mol. The zero-order chi connectivity index (χ0) is 21.8. The second kappa shape index (κ2) is 9.61. The number of ether oxygens (including phenoxy) is 2. The van der Waals surface area contributed by atoms with E-state index in [1.165, 1.54) is 6.20 Å². The lowest BCUT2D eigenvalue weighted by atomic mass is 10.1. The van der Waals surface area contributed by atoms with Gasteiger partial charge in [0.2, 0.25) is 11.9 Å². The number of hydrogen-bond donors (Lipinski definition) is 1. The van der Waals surface area contributed by atoms with Gasteiger partial charge in [0, 0.05) is 26.2 Å². The van der Waals surface area contributed by atoms with Crippen molar-refractivity contribution in [1.29, 1.82) is 0 Å². The van der Waals surface area contributed by atoms with Gasteiger partial charge in [0.25, 0.3) is 5.56 Å². The van der Waals surface area contributed by atoms with E-state index >= 15 is 0 Å². The Hall–Kier alpha value is -2.72. The maximum atomic E-state index is 12.7. The van der Waals surface area contributed by atoms with Gasteiger partial charge in [0.1, 0.15) is 12.4 Å². The van der Waals surface area contributed by atoms with Crippen LogP contribution in [-0.4, -0.2) is 76.0 Å². The van der Waals surface area contributed by atoms with E-state index in [2.05, 4.69) is 20.2 Å². The average Bonchev–Trinajstić information content (AvgIpc) is 3.22. The first-order valence-corrected chi connectivity index (χ1v) is 10.7. The van der Waals surface area contributed by atoms with E-state index in [-0.39, 0.29) is 23.7 Å². The molecule has 10 nitrogen and oxygen atoms in total. The molecular formula is C20H25ClN6O4. The highest BCUT2D eigenvalue weighted by Gasteiger charge is 2.30. The number of H-pyrrole nitrogens is 1. The van der Waals surface area contributed by atoms with Crippen LogP contribution in [0.25, 0.3) is 0 Å². The average molecular weight is 449 g/mol. The van der Waals surface area contributed by atoms with Gasteiger partial charge in [-0.3, -0.25) is 9.59 Å². The summed E-state index contributed by atoms with van der Waals surface area (Å²) in [5.74, 6) is 1.18. The van der Waals surface area contributed by atoms with E-state index in [1.807, 2.05) is 9.80 Å². The Morgan fingerprint density at radius 2 is 1.90 bits per heavy atom. The molecule has 0 spiro atoms. The third-order valence-corrected chi connectivity index (χ3v) is 5.80. The molecule has 2 aliphatic heterocycles. The Kier molecular flexibility index (Phi) is 6.67. The summed E-state index contributed by atoms with van der Waals surface area (Å²) in [5.41, 5.74) is 0.221. The van der Waals surface area contributed by atoms with Gasteiger partial charge in [-0.2, -0.15) is 5.10 Å². The Morgan fingerprint density at radius 1 is 1.19 bits per heavy atom. The molecule has 2 atom stereocenters. The molecule has 2 fully saturated rings. The topological polar surface area (TPSA) is 114 Å². The van der Waals surface area contributed by atoms with Crippen molar-refractivity contribution in [2.45, 2.75) is 38.4 Å². The normalized spacial score (nSPS) is 21.4. The minimum atomic E-state index is -0.268. The van der Waals surface area contributed by atoms with E-state index in [4.69, 9.17) is 21.1 Å². The highest BCUT2D eigenvalue weighted by atomic mass is 35.5. The highest BCUT2D eigenvalue weighted by molar-refractivity contribution is 6.30. The standard InChI is InChI=1S/C20H25ClN6O4/c1-13-17(11-24-25-19(13)29)30-12-16-3-2-15(31-16)8-18(28)26-4-6-27(7-5-26)20-22-9-14(21)10-23-20/h9-11,15-16H,2-8,12H2,1H3,(H,25,29)/t15-,16+/m0/s1. The number of nitrogens with one attached hydrogen (secondary N) is 1. The number of nitrogens with zero attached hydrogens (tertiary/aromatic N) is 5. The van der Waals surface area contributed by atoms with Gasteiger partial charge in [0.05, 0.1) is 47.8 Å². The zero-order valence-corrected chi connectivity index (χ0v) is 18.0. The van der Waals surface area contributed by atoms with Crippen LogP contribution in [0.1, 0.15) is 24.8 Å². The molecule has 4 heterocycles. The van der Waals surface area contributed by atoms with Gasteiger partial charge in [0.15, 0.2) is 0 Å². The molecule has 0 aliphatic carbocycles. The SMILES string of the molecule is Cc1c(OC[C@H]2CC[C@@H](CC(=O)N3CCN(c4ncc(Cl)cn4)CC3)O2)cn[nH]c1=O. The number of hydrogen-bond acceptors (Lipinski definition) is 8. The largest absolute Gasteiger partial charge is 0.489 e. The van der Waals surface area contributed by atoms with Crippen molar-refractivity contribution in [2.24, 2.45) is 0 Å². The van der Waals surface area contributed by atoms with Crippen LogP contribution in [0.3, 0.4) is 0 Å².